The third-order valence-corrected chi connectivity index (χ3v) is 6.61. The van der Waals surface area contributed by atoms with Crippen LogP contribution in [0.2, 0.25) is 0 Å². The average Bonchev–Trinajstić information content (AvgIpc) is 3.24. The van der Waals surface area contributed by atoms with Crippen molar-refractivity contribution in [2.75, 3.05) is 53.5 Å². The predicted molar refractivity (Wildman–Crippen MR) is 115 cm³/mol. The van der Waals surface area contributed by atoms with Crippen LogP contribution in [0.25, 0.3) is 10.9 Å². The number of benzene rings is 1. The van der Waals surface area contributed by atoms with E-state index in [2.05, 4.69) is 21.8 Å². The Kier molecular flexibility index (Phi) is 5.83. The third-order valence-electron chi connectivity index (χ3n) is 6.61. The van der Waals surface area contributed by atoms with Gasteiger partial charge in [0, 0.05) is 42.2 Å². The minimum absolute atomic E-state index is 0.146. The minimum atomic E-state index is 0.146. The number of carbonyl (C=O) groups is 1. The average molecular weight is 400 g/mol. The van der Waals surface area contributed by atoms with Crippen molar-refractivity contribution < 1.29 is 14.3 Å². The molecular formula is C23H33N3O3. The summed E-state index contributed by atoms with van der Waals surface area (Å²) in [6.45, 7) is 8.04. The first kappa shape index (κ1) is 20.2. The van der Waals surface area contributed by atoms with Crippen molar-refractivity contribution in [3.63, 3.8) is 0 Å². The molecule has 1 spiro atoms. The third kappa shape index (κ3) is 4.59. The summed E-state index contributed by atoms with van der Waals surface area (Å²) in [7, 11) is 3.91. The van der Waals surface area contributed by atoms with E-state index in [0.717, 1.165) is 34.6 Å². The molecule has 0 bridgehead atoms. The fourth-order valence-corrected chi connectivity index (χ4v) is 4.94. The first-order valence-electron chi connectivity index (χ1n) is 10.7. The van der Waals surface area contributed by atoms with E-state index in [4.69, 9.17) is 9.47 Å². The van der Waals surface area contributed by atoms with Gasteiger partial charge in [-0.15, -0.1) is 0 Å². The molecule has 6 nitrogen and oxygen atoms in total. The Bertz CT molecular complexity index is 868. The van der Waals surface area contributed by atoms with Crippen LogP contribution in [0.3, 0.4) is 0 Å². The molecule has 1 aromatic carbocycles. The van der Waals surface area contributed by atoms with E-state index in [-0.39, 0.29) is 5.78 Å². The fourth-order valence-electron chi connectivity index (χ4n) is 4.94. The normalized spacial score (nSPS) is 19.8. The minimum Gasteiger partial charge on any atom is -0.493 e. The molecule has 2 aromatic rings. The van der Waals surface area contributed by atoms with Gasteiger partial charge in [-0.3, -0.25) is 9.69 Å². The van der Waals surface area contributed by atoms with E-state index in [1.165, 1.54) is 45.4 Å². The molecule has 2 aliphatic heterocycles. The molecule has 0 aliphatic carbocycles. The van der Waals surface area contributed by atoms with E-state index >= 15 is 0 Å². The Morgan fingerprint density at radius 2 is 1.90 bits per heavy atom. The summed E-state index contributed by atoms with van der Waals surface area (Å²) in [6.07, 6.45) is 4.37. The molecule has 29 heavy (non-hydrogen) atoms. The number of nitrogens with one attached hydrogen (secondary N) is 1. The van der Waals surface area contributed by atoms with Crippen molar-refractivity contribution in [2.24, 2.45) is 5.41 Å². The summed E-state index contributed by atoms with van der Waals surface area (Å²) in [5, 5.41) is 1.04. The van der Waals surface area contributed by atoms with Crippen LogP contribution in [0.15, 0.2) is 18.2 Å². The highest BCUT2D eigenvalue weighted by Crippen LogP contribution is 2.39. The van der Waals surface area contributed by atoms with Crippen LogP contribution in [0.5, 0.6) is 11.5 Å². The highest BCUT2D eigenvalue weighted by Gasteiger charge is 2.39. The quantitative estimate of drug-likeness (QED) is 0.775. The lowest BCUT2D eigenvalue weighted by molar-refractivity contribution is -0.116. The molecule has 158 valence electrons. The Morgan fingerprint density at radius 3 is 2.55 bits per heavy atom. The number of aromatic amines is 1. The molecular weight excluding hydrogens is 366 g/mol. The summed E-state index contributed by atoms with van der Waals surface area (Å²) >= 11 is 0. The maximum atomic E-state index is 11.4. The number of hydrogen-bond acceptors (Lipinski definition) is 5. The Morgan fingerprint density at radius 1 is 1.14 bits per heavy atom. The van der Waals surface area contributed by atoms with Gasteiger partial charge in [-0.05, 0) is 70.4 Å². The van der Waals surface area contributed by atoms with Crippen LogP contribution >= 0.6 is 0 Å². The molecule has 2 fully saturated rings. The van der Waals surface area contributed by atoms with Gasteiger partial charge in [-0.25, -0.2) is 0 Å². The van der Waals surface area contributed by atoms with Crippen molar-refractivity contribution in [3.05, 3.63) is 23.9 Å². The number of fused-ring (bicyclic) bond motifs is 1. The lowest BCUT2D eigenvalue weighted by atomic mass is 9.78. The SMILES string of the molecule is COc1cc2[nH]c(CC(C)=O)cc2cc1OCCN1CCC2(CCN(C)C2)CC1. The van der Waals surface area contributed by atoms with Crippen molar-refractivity contribution in [3.8, 4) is 11.5 Å². The molecule has 2 aliphatic rings. The van der Waals surface area contributed by atoms with Gasteiger partial charge < -0.3 is 19.4 Å². The fraction of sp³-hybridized carbons (Fsp3) is 0.609. The molecule has 2 saturated heterocycles. The second kappa shape index (κ2) is 8.36. The van der Waals surface area contributed by atoms with Gasteiger partial charge in [0.05, 0.1) is 7.11 Å². The van der Waals surface area contributed by atoms with Gasteiger partial charge in [0.1, 0.15) is 12.4 Å². The molecule has 0 saturated carbocycles. The number of aromatic nitrogens is 1. The monoisotopic (exact) mass is 399 g/mol. The molecule has 3 heterocycles. The van der Waals surface area contributed by atoms with Crippen molar-refractivity contribution >= 4 is 16.7 Å². The van der Waals surface area contributed by atoms with Gasteiger partial charge in [-0.2, -0.15) is 0 Å². The van der Waals surface area contributed by atoms with Gasteiger partial charge in [-0.1, -0.05) is 0 Å². The molecule has 1 aromatic heterocycles. The number of piperidine rings is 1. The number of ketones is 1. The number of methoxy groups -OCH3 is 1. The van der Waals surface area contributed by atoms with Crippen LogP contribution in [0, 0.1) is 5.41 Å². The zero-order valence-electron chi connectivity index (χ0n) is 17.9. The van der Waals surface area contributed by atoms with E-state index in [1.807, 2.05) is 18.2 Å². The first-order valence-corrected chi connectivity index (χ1v) is 10.7. The van der Waals surface area contributed by atoms with Crippen molar-refractivity contribution in [1.29, 1.82) is 0 Å². The number of ether oxygens (including phenoxy) is 2. The van der Waals surface area contributed by atoms with E-state index in [9.17, 15) is 4.79 Å². The molecule has 1 N–H and O–H groups in total. The van der Waals surface area contributed by atoms with Crippen LogP contribution in [0.1, 0.15) is 31.9 Å². The molecule has 0 radical (unpaired) electrons. The number of nitrogens with zero attached hydrogens (tertiary/aromatic N) is 2. The first-order chi connectivity index (χ1) is 14.0. The van der Waals surface area contributed by atoms with Crippen LogP contribution in [-0.2, 0) is 11.2 Å². The summed E-state index contributed by atoms with van der Waals surface area (Å²) in [6, 6.07) is 5.98. The second-order valence-electron chi connectivity index (χ2n) is 8.94. The number of hydrogen-bond donors (Lipinski definition) is 1. The Labute approximate surface area is 173 Å². The number of carbonyl (C=O) groups excluding carboxylic acids is 1. The van der Waals surface area contributed by atoms with E-state index in [1.54, 1.807) is 14.0 Å². The summed E-state index contributed by atoms with van der Waals surface area (Å²) in [5.41, 5.74) is 2.45. The Balaban J connectivity index is 1.34. The van der Waals surface area contributed by atoms with Gasteiger partial charge in [0.25, 0.3) is 0 Å². The summed E-state index contributed by atoms with van der Waals surface area (Å²) < 4.78 is 11.6. The number of likely N-dealkylation sites (tertiary alicyclic amines) is 2. The highest BCUT2D eigenvalue weighted by atomic mass is 16.5. The van der Waals surface area contributed by atoms with Crippen molar-refractivity contribution in [2.45, 2.75) is 32.6 Å². The largest absolute Gasteiger partial charge is 0.493 e. The van der Waals surface area contributed by atoms with Gasteiger partial charge in [0.2, 0.25) is 0 Å². The number of rotatable bonds is 7. The van der Waals surface area contributed by atoms with Crippen LogP contribution < -0.4 is 9.47 Å². The standard InChI is InChI=1S/C23H33N3O3/c1-17(27)12-19-13-18-14-22(21(28-3)15-20(18)24-19)29-11-10-26-8-5-23(6-9-26)4-7-25(2)16-23/h13-15,24H,4-12,16H2,1-3H3. The zero-order chi connectivity index (χ0) is 20.4. The smallest absolute Gasteiger partial charge is 0.162 e. The summed E-state index contributed by atoms with van der Waals surface area (Å²) in [4.78, 5) is 19.7. The molecule has 0 atom stereocenters. The topological polar surface area (TPSA) is 57.8 Å². The van der Waals surface area contributed by atoms with E-state index < -0.39 is 0 Å². The van der Waals surface area contributed by atoms with E-state index in [0.29, 0.717) is 18.4 Å². The van der Waals surface area contributed by atoms with Crippen molar-refractivity contribution in [1.82, 2.24) is 14.8 Å². The zero-order valence-corrected chi connectivity index (χ0v) is 17.9. The van der Waals surface area contributed by atoms with Gasteiger partial charge >= 0.3 is 0 Å². The Hall–Kier alpha value is -2.05. The lowest BCUT2D eigenvalue weighted by Crippen LogP contribution is -2.42. The van der Waals surface area contributed by atoms with Gasteiger partial charge in [0.15, 0.2) is 11.5 Å². The number of H-pyrrole nitrogens is 1. The van der Waals surface area contributed by atoms with Crippen LogP contribution in [0.4, 0.5) is 0 Å². The second-order valence-corrected chi connectivity index (χ2v) is 8.94. The predicted octanol–water partition coefficient (Wildman–Crippen LogP) is 3.10. The maximum absolute atomic E-state index is 11.4. The molecule has 4 rings (SSSR count). The summed E-state index contributed by atoms with van der Waals surface area (Å²) in [5.74, 6) is 1.63. The maximum Gasteiger partial charge on any atom is 0.162 e. The van der Waals surface area contributed by atoms with Crippen LogP contribution in [-0.4, -0.2) is 74.1 Å². The highest BCUT2D eigenvalue weighted by molar-refractivity contribution is 5.86. The molecule has 0 unspecified atom stereocenters. The number of Topliss-reactive ketones (excluding diaryl/α,β-unsaturated/α-hetero) is 1. The lowest BCUT2D eigenvalue weighted by Gasteiger charge is -2.39. The molecule has 6 heteroatoms. The molecule has 0 amide bonds.